The van der Waals surface area contributed by atoms with E-state index in [1.54, 1.807) is 12.1 Å². The van der Waals surface area contributed by atoms with Gasteiger partial charge < -0.3 is 5.32 Å². The lowest BCUT2D eigenvalue weighted by Crippen LogP contribution is -2.38. The molecule has 5 nitrogen and oxygen atoms in total. The number of nitrogens with zero attached hydrogens (tertiary/aromatic N) is 1. The first-order valence-corrected chi connectivity index (χ1v) is 10.4. The van der Waals surface area contributed by atoms with E-state index in [9.17, 15) is 13.2 Å². The lowest BCUT2D eigenvalue weighted by Gasteiger charge is -2.24. The smallest absolute Gasteiger partial charge is 0.245 e. The van der Waals surface area contributed by atoms with Crippen LogP contribution in [0.5, 0.6) is 0 Å². The van der Waals surface area contributed by atoms with Crippen LogP contribution < -0.4 is 9.62 Å². The normalized spacial score (nSPS) is 11.4. The Morgan fingerprint density at radius 2 is 1.63 bits per heavy atom. The van der Waals surface area contributed by atoms with Crippen LogP contribution in [0.4, 0.5) is 11.4 Å². The summed E-state index contributed by atoms with van der Waals surface area (Å²) in [5.41, 5.74) is 2.98. The monoisotopic (exact) mass is 382 g/mol. The van der Waals surface area contributed by atoms with Gasteiger partial charge in [-0.2, -0.15) is 0 Å². The molecule has 3 aromatic carbocycles. The second-order valence-electron chi connectivity index (χ2n) is 6.56. The lowest BCUT2D eigenvalue weighted by molar-refractivity contribution is -0.114. The van der Waals surface area contributed by atoms with E-state index in [1.807, 2.05) is 62.4 Å². The summed E-state index contributed by atoms with van der Waals surface area (Å²) in [5, 5.41) is 4.76. The number of hydrogen-bond acceptors (Lipinski definition) is 3. The van der Waals surface area contributed by atoms with E-state index in [1.165, 1.54) is 0 Å². The number of sulfonamides is 1. The second-order valence-corrected chi connectivity index (χ2v) is 8.47. The number of benzene rings is 3. The summed E-state index contributed by atoms with van der Waals surface area (Å²) in [5.74, 6) is -0.391. The van der Waals surface area contributed by atoms with Crippen LogP contribution in [0.15, 0.2) is 60.7 Å². The SMILES string of the molecule is Cc1cccc(N(CC(=O)Nc2cccc3ccccc23)S(C)(=O)=O)c1C. The second kappa shape index (κ2) is 7.40. The topological polar surface area (TPSA) is 66.5 Å². The molecule has 3 rings (SSSR count). The molecule has 0 aliphatic rings. The Morgan fingerprint density at radius 3 is 2.37 bits per heavy atom. The molecule has 0 aliphatic carbocycles. The molecule has 27 heavy (non-hydrogen) atoms. The number of rotatable bonds is 5. The number of carbonyl (C=O) groups excluding carboxylic acids is 1. The molecule has 0 spiro atoms. The van der Waals surface area contributed by atoms with Crippen molar-refractivity contribution in [3.63, 3.8) is 0 Å². The van der Waals surface area contributed by atoms with Crippen molar-refractivity contribution in [2.24, 2.45) is 0 Å². The summed E-state index contributed by atoms with van der Waals surface area (Å²) in [7, 11) is -3.61. The van der Waals surface area contributed by atoms with E-state index in [0.29, 0.717) is 11.4 Å². The van der Waals surface area contributed by atoms with Crippen molar-refractivity contribution >= 4 is 38.1 Å². The molecule has 0 saturated carbocycles. The Morgan fingerprint density at radius 1 is 0.963 bits per heavy atom. The summed E-state index contributed by atoms with van der Waals surface area (Å²) in [6.45, 7) is 3.48. The molecule has 1 N–H and O–H groups in total. The quantitative estimate of drug-likeness (QED) is 0.729. The van der Waals surface area contributed by atoms with Crippen LogP contribution in [0.25, 0.3) is 10.8 Å². The van der Waals surface area contributed by atoms with E-state index in [0.717, 1.165) is 32.5 Å². The molecule has 0 radical (unpaired) electrons. The maximum Gasteiger partial charge on any atom is 0.245 e. The zero-order valence-corrected chi connectivity index (χ0v) is 16.4. The minimum Gasteiger partial charge on any atom is -0.324 e. The molecule has 0 bridgehead atoms. The van der Waals surface area contributed by atoms with E-state index in [2.05, 4.69) is 5.32 Å². The van der Waals surface area contributed by atoms with Crippen molar-refractivity contribution in [3.05, 3.63) is 71.8 Å². The first-order chi connectivity index (χ1) is 12.8. The van der Waals surface area contributed by atoms with Gasteiger partial charge in [0.25, 0.3) is 0 Å². The average Bonchev–Trinajstić information content (AvgIpc) is 2.62. The molecule has 1 amide bonds. The fourth-order valence-corrected chi connectivity index (χ4v) is 3.95. The Kier molecular flexibility index (Phi) is 5.19. The molecule has 0 atom stereocenters. The van der Waals surface area contributed by atoms with Gasteiger partial charge in [-0.05, 0) is 42.5 Å². The molecule has 0 aliphatic heterocycles. The number of carbonyl (C=O) groups is 1. The fourth-order valence-electron chi connectivity index (χ4n) is 3.04. The molecule has 0 fully saturated rings. The van der Waals surface area contributed by atoms with E-state index >= 15 is 0 Å². The highest BCUT2D eigenvalue weighted by Gasteiger charge is 2.23. The third-order valence-electron chi connectivity index (χ3n) is 4.60. The third-order valence-corrected chi connectivity index (χ3v) is 5.72. The molecule has 140 valence electrons. The van der Waals surface area contributed by atoms with E-state index in [4.69, 9.17) is 0 Å². The van der Waals surface area contributed by atoms with Gasteiger partial charge in [0, 0.05) is 11.1 Å². The van der Waals surface area contributed by atoms with Gasteiger partial charge in [-0.25, -0.2) is 8.42 Å². The number of aryl methyl sites for hydroxylation is 1. The van der Waals surface area contributed by atoms with Gasteiger partial charge >= 0.3 is 0 Å². The van der Waals surface area contributed by atoms with Crippen LogP contribution in [0, 0.1) is 13.8 Å². The fraction of sp³-hybridized carbons (Fsp3) is 0.190. The summed E-state index contributed by atoms with van der Waals surface area (Å²) in [4.78, 5) is 12.7. The van der Waals surface area contributed by atoms with Crippen molar-refractivity contribution in [1.82, 2.24) is 0 Å². The van der Waals surface area contributed by atoms with Crippen molar-refractivity contribution in [3.8, 4) is 0 Å². The maximum atomic E-state index is 12.7. The van der Waals surface area contributed by atoms with Crippen LogP contribution in [0.2, 0.25) is 0 Å². The Hall–Kier alpha value is -2.86. The predicted octanol–water partition coefficient (Wildman–Crippen LogP) is 3.86. The highest BCUT2D eigenvalue weighted by Crippen LogP contribution is 2.26. The van der Waals surface area contributed by atoms with Gasteiger partial charge in [-0.3, -0.25) is 9.10 Å². The van der Waals surface area contributed by atoms with Gasteiger partial charge in [0.15, 0.2) is 0 Å². The Labute approximate surface area is 159 Å². The van der Waals surface area contributed by atoms with Gasteiger partial charge in [-0.15, -0.1) is 0 Å². The van der Waals surface area contributed by atoms with Gasteiger partial charge in [0.2, 0.25) is 15.9 Å². The highest BCUT2D eigenvalue weighted by molar-refractivity contribution is 7.92. The summed E-state index contributed by atoms with van der Waals surface area (Å²) >= 11 is 0. The highest BCUT2D eigenvalue weighted by atomic mass is 32.2. The number of anilines is 2. The van der Waals surface area contributed by atoms with Crippen LogP contribution in [-0.2, 0) is 14.8 Å². The van der Waals surface area contributed by atoms with Gasteiger partial charge in [0.05, 0.1) is 11.9 Å². The summed E-state index contributed by atoms with van der Waals surface area (Å²) in [6.07, 6.45) is 1.11. The number of hydrogen-bond donors (Lipinski definition) is 1. The van der Waals surface area contributed by atoms with Crippen LogP contribution in [0.1, 0.15) is 11.1 Å². The molecule has 0 saturated heterocycles. The van der Waals surface area contributed by atoms with Crippen molar-refractivity contribution in [2.45, 2.75) is 13.8 Å². The number of nitrogens with one attached hydrogen (secondary N) is 1. The average molecular weight is 382 g/mol. The van der Waals surface area contributed by atoms with Gasteiger partial charge in [0.1, 0.15) is 6.54 Å². The summed E-state index contributed by atoms with van der Waals surface area (Å²) in [6, 6.07) is 18.8. The number of fused-ring (bicyclic) bond motifs is 1. The lowest BCUT2D eigenvalue weighted by atomic mass is 10.1. The van der Waals surface area contributed by atoms with Crippen LogP contribution in [-0.4, -0.2) is 27.1 Å². The largest absolute Gasteiger partial charge is 0.324 e. The zero-order valence-electron chi connectivity index (χ0n) is 15.6. The van der Waals surface area contributed by atoms with Crippen molar-refractivity contribution in [2.75, 3.05) is 22.4 Å². The molecule has 0 unspecified atom stereocenters. The number of amides is 1. The molecule has 3 aromatic rings. The van der Waals surface area contributed by atoms with Crippen molar-refractivity contribution in [1.29, 1.82) is 0 Å². The molecular formula is C21H22N2O3S. The maximum absolute atomic E-state index is 12.7. The zero-order chi connectivity index (χ0) is 19.6. The minimum atomic E-state index is -3.61. The standard InChI is InChI=1S/C21H22N2O3S/c1-15-8-6-13-20(16(15)2)23(27(3,25)26)14-21(24)22-19-12-7-10-17-9-4-5-11-18(17)19/h4-13H,14H2,1-3H3,(H,22,24). The van der Waals surface area contributed by atoms with E-state index < -0.39 is 15.9 Å². The van der Waals surface area contributed by atoms with Crippen LogP contribution >= 0.6 is 0 Å². The molecular weight excluding hydrogens is 360 g/mol. The third kappa shape index (κ3) is 4.11. The summed E-state index contributed by atoms with van der Waals surface area (Å²) < 4.78 is 25.8. The van der Waals surface area contributed by atoms with Gasteiger partial charge in [-0.1, -0.05) is 48.5 Å². The molecule has 0 heterocycles. The van der Waals surface area contributed by atoms with E-state index in [-0.39, 0.29) is 6.54 Å². The Bertz CT molecular complexity index is 1100. The van der Waals surface area contributed by atoms with Crippen molar-refractivity contribution < 1.29 is 13.2 Å². The first kappa shape index (κ1) is 18.9. The first-order valence-electron chi connectivity index (χ1n) is 8.59. The molecule has 0 aromatic heterocycles. The predicted molar refractivity (Wildman–Crippen MR) is 111 cm³/mol. The minimum absolute atomic E-state index is 0.285. The van der Waals surface area contributed by atoms with Crippen LogP contribution in [0.3, 0.4) is 0 Å². The molecule has 6 heteroatoms. The Balaban J connectivity index is 1.90.